The van der Waals surface area contributed by atoms with Crippen molar-refractivity contribution >= 4 is 16.7 Å². The highest BCUT2D eigenvalue weighted by molar-refractivity contribution is 6.09. The molecule has 21 heavy (non-hydrogen) atoms. The number of aromatic amines is 1. The number of aryl methyl sites for hydroxylation is 2. The minimum absolute atomic E-state index is 0.00875. The lowest BCUT2D eigenvalue weighted by Gasteiger charge is -2.19. The van der Waals surface area contributed by atoms with Crippen LogP contribution in [0.2, 0.25) is 0 Å². The zero-order valence-electron chi connectivity index (χ0n) is 14.5. The van der Waals surface area contributed by atoms with Gasteiger partial charge in [0.25, 0.3) is 0 Å². The second-order valence-electron chi connectivity index (χ2n) is 5.56. The monoisotopic (exact) mass is 282 g/mol. The van der Waals surface area contributed by atoms with Crippen LogP contribution >= 0.6 is 0 Å². The third-order valence-electron chi connectivity index (χ3n) is 4.34. The van der Waals surface area contributed by atoms with E-state index in [9.17, 15) is 4.79 Å². The minimum atomic E-state index is -2.30. The van der Waals surface area contributed by atoms with E-state index in [0.29, 0.717) is 22.9 Å². The smallest absolute Gasteiger partial charge is 0.168 e. The fraction of sp³-hybridized carbons (Fsp3) is 0.294. The van der Waals surface area contributed by atoms with Crippen molar-refractivity contribution in [3.63, 3.8) is 0 Å². The van der Waals surface area contributed by atoms with Crippen LogP contribution in [0.4, 0.5) is 0 Å². The van der Waals surface area contributed by atoms with E-state index in [1.807, 2.05) is 12.1 Å². The molecule has 1 aliphatic rings. The number of hydrogen-bond donors (Lipinski definition) is 1. The Morgan fingerprint density at radius 3 is 3.29 bits per heavy atom. The van der Waals surface area contributed by atoms with Crippen LogP contribution in [-0.2, 0) is 19.8 Å². The van der Waals surface area contributed by atoms with Crippen LogP contribution in [0, 0.1) is 5.92 Å². The van der Waals surface area contributed by atoms with Crippen LogP contribution in [0.3, 0.4) is 0 Å². The Morgan fingerprint density at radius 2 is 2.38 bits per heavy atom. The maximum atomic E-state index is 13.1. The van der Waals surface area contributed by atoms with Crippen molar-refractivity contribution in [3.8, 4) is 0 Å². The summed E-state index contributed by atoms with van der Waals surface area (Å²) in [6.07, 6.45) is 5.29. The Balaban J connectivity index is 1.76. The number of aromatic nitrogens is 3. The van der Waals surface area contributed by atoms with E-state index in [2.05, 4.69) is 9.97 Å². The first-order valence-corrected chi connectivity index (χ1v) is 7.11. The number of carbonyl (C=O) groups excluding carboxylic acids is 1. The quantitative estimate of drug-likeness (QED) is 0.735. The van der Waals surface area contributed by atoms with Gasteiger partial charge >= 0.3 is 0 Å². The van der Waals surface area contributed by atoms with Gasteiger partial charge in [0.05, 0.1) is 12.0 Å². The molecular weight excluding hydrogens is 262 g/mol. The van der Waals surface area contributed by atoms with Crippen molar-refractivity contribution in [1.29, 1.82) is 0 Å². The fourth-order valence-electron chi connectivity index (χ4n) is 3.22. The van der Waals surface area contributed by atoms with Crippen molar-refractivity contribution in [2.75, 3.05) is 0 Å². The summed E-state index contributed by atoms with van der Waals surface area (Å²) in [5.74, 6) is -0.136. The van der Waals surface area contributed by atoms with Crippen LogP contribution in [0.15, 0.2) is 36.8 Å². The molecule has 2 heterocycles. The van der Waals surface area contributed by atoms with Crippen molar-refractivity contribution in [2.24, 2.45) is 12.9 Å². The van der Waals surface area contributed by atoms with Gasteiger partial charge in [0.1, 0.15) is 0 Å². The van der Waals surface area contributed by atoms with Gasteiger partial charge in [-0.3, -0.25) is 4.79 Å². The number of nitrogens with one attached hydrogen (secondary N) is 1. The molecule has 0 spiro atoms. The average Bonchev–Trinajstić information content (AvgIpc) is 3.17. The molecule has 3 aromatic rings. The number of carbonyl (C=O) groups is 1. The van der Waals surface area contributed by atoms with Gasteiger partial charge < -0.3 is 9.55 Å². The second-order valence-corrected chi connectivity index (χ2v) is 5.56. The number of rotatable bonds is 2. The van der Waals surface area contributed by atoms with Gasteiger partial charge in [-0.15, -0.1) is 0 Å². The zero-order valence-corrected chi connectivity index (χ0v) is 11.5. The molecule has 4 nitrogen and oxygen atoms in total. The Labute approximate surface area is 127 Å². The third-order valence-corrected chi connectivity index (χ3v) is 4.34. The number of imidazole rings is 1. The first kappa shape index (κ1) is 9.55. The molecule has 0 bridgehead atoms. The zero-order chi connectivity index (χ0) is 16.9. The normalized spacial score (nSPS) is 20.6. The number of Topliss-reactive ketones (excluding diaryl/α,β-unsaturated/α-hetero) is 1. The number of H-pyrrole nitrogens is 1. The molecule has 0 fully saturated rings. The molecule has 1 unspecified atom stereocenters. The SMILES string of the molecule is [2H]C([2H])([2H])n1cc(C(=O)C2CCc3nc[nH]c3C2)c2ccccc21. The van der Waals surface area contributed by atoms with Gasteiger partial charge in [0, 0.05) is 45.4 Å². The number of ketones is 1. The molecule has 4 heteroatoms. The van der Waals surface area contributed by atoms with Gasteiger partial charge in [-0.1, -0.05) is 18.2 Å². The fourth-order valence-corrected chi connectivity index (χ4v) is 3.22. The van der Waals surface area contributed by atoms with Crippen LogP contribution in [0.1, 0.15) is 32.3 Å². The van der Waals surface area contributed by atoms with E-state index in [0.717, 1.165) is 24.2 Å². The van der Waals surface area contributed by atoms with Crippen LogP contribution in [0.5, 0.6) is 0 Å². The molecule has 106 valence electrons. The molecule has 0 aliphatic heterocycles. The molecule has 0 amide bonds. The summed E-state index contributed by atoms with van der Waals surface area (Å²) in [6, 6.07) is 7.18. The summed E-state index contributed by atoms with van der Waals surface area (Å²) in [4.78, 5) is 20.4. The summed E-state index contributed by atoms with van der Waals surface area (Å²) in [7, 11) is 0. The Kier molecular flexibility index (Phi) is 2.09. The lowest BCUT2D eigenvalue weighted by Crippen LogP contribution is -2.22. The summed E-state index contributed by atoms with van der Waals surface area (Å²) in [5.41, 5.74) is 3.11. The van der Waals surface area contributed by atoms with Crippen molar-refractivity contribution < 1.29 is 8.91 Å². The van der Waals surface area contributed by atoms with Crippen LogP contribution in [0.25, 0.3) is 10.9 Å². The molecule has 1 atom stereocenters. The Bertz CT molecular complexity index is 923. The predicted octanol–water partition coefficient (Wildman–Crippen LogP) is 2.89. The molecule has 0 radical (unpaired) electrons. The molecule has 1 aromatic carbocycles. The topological polar surface area (TPSA) is 50.7 Å². The largest absolute Gasteiger partial charge is 0.350 e. The van der Waals surface area contributed by atoms with E-state index in [-0.39, 0.29) is 11.7 Å². The number of para-hydroxylation sites is 1. The number of hydrogen-bond acceptors (Lipinski definition) is 2. The second kappa shape index (κ2) is 4.58. The van der Waals surface area contributed by atoms with Crippen LogP contribution in [-0.4, -0.2) is 20.3 Å². The molecule has 0 saturated carbocycles. The third kappa shape index (κ3) is 1.90. The number of nitrogens with zero attached hydrogens (tertiary/aromatic N) is 2. The molecular formula is C17H17N3O. The van der Waals surface area contributed by atoms with E-state index in [1.165, 1.54) is 10.8 Å². The average molecular weight is 282 g/mol. The van der Waals surface area contributed by atoms with Crippen molar-refractivity contribution in [3.05, 3.63) is 53.7 Å². The predicted molar refractivity (Wildman–Crippen MR) is 81.4 cm³/mol. The molecule has 4 rings (SSSR count). The van der Waals surface area contributed by atoms with E-state index >= 15 is 0 Å². The molecule has 1 N–H and O–H groups in total. The van der Waals surface area contributed by atoms with Gasteiger partial charge in [-0.25, -0.2) is 4.98 Å². The van der Waals surface area contributed by atoms with E-state index < -0.39 is 6.98 Å². The number of benzene rings is 1. The maximum Gasteiger partial charge on any atom is 0.168 e. The standard InChI is InChI=1S/C17H17N3O/c1-20-9-13(12-4-2-3-5-16(12)20)17(21)11-6-7-14-15(8-11)19-10-18-14/h2-5,9-11H,6-8H2,1H3,(H,18,19)/i1D3. The summed E-state index contributed by atoms with van der Waals surface area (Å²) < 4.78 is 24.3. The van der Waals surface area contributed by atoms with E-state index in [1.54, 1.807) is 18.5 Å². The first-order valence-electron chi connectivity index (χ1n) is 8.61. The highest BCUT2D eigenvalue weighted by atomic mass is 16.1. The number of fused-ring (bicyclic) bond motifs is 2. The van der Waals surface area contributed by atoms with Crippen LogP contribution < -0.4 is 0 Å². The lowest BCUT2D eigenvalue weighted by molar-refractivity contribution is 0.0909. The van der Waals surface area contributed by atoms with Crippen molar-refractivity contribution in [2.45, 2.75) is 19.3 Å². The minimum Gasteiger partial charge on any atom is -0.350 e. The Morgan fingerprint density at radius 1 is 1.48 bits per heavy atom. The van der Waals surface area contributed by atoms with Gasteiger partial charge in [0.15, 0.2) is 5.78 Å². The summed E-state index contributed by atoms with van der Waals surface area (Å²) >= 11 is 0. The lowest BCUT2D eigenvalue weighted by atomic mass is 9.84. The highest BCUT2D eigenvalue weighted by Crippen LogP contribution is 2.29. The summed E-state index contributed by atoms with van der Waals surface area (Å²) in [5, 5.41) is 0.703. The van der Waals surface area contributed by atoms with E-state index in [4.69, 9.17) is 4.11 Å². The van der Waals surface area contributed by atoms with Gasteiger partial charge in [-0.05, 0) is 25.3 Å². The molecule has 1 aliphatic carbocycles. The molecule has 2 aromatic heterocycles. The van der Waals surface area contributed by atoms with Crippen molar-refractivity contribution in [1.82, 2.24) is 14.5 Å². The first-order chi connectivity index (χ1) is 11.4. The Hall–Kier alpha value is -2.36. The van der Waals surface area contributed by atoms with Gasteiger partial charge in [-0.2, -0.15) is 0 Å². The highest BCUT2D eigenvalue weighted by Gasteiger charge is 2.28. The maximum absolute atomic E-state index is 13.1. The summed E-state index contributed by atoms with van der Waals surface area (Å²) in [6.45, 7) is -2.30. The molecule has 0 saturated heterocycles. The van der Waals surface area contributed by atoms with Gasteiger partial charge in [0.2, 0.25) is 0 Å².